The van der Waals surface area contributed by atoms with E-state index in [2.05, 4.69) is 20.7 Å². The van der Waals surface area contributed by atoms with Gasteiger partial charge in [0.05, 0.1) is 5.57 Å². The Balaban J connectivity index is 1.75. The third-order valence-electron chi connectivity index (χ3n) is 5.16. The van der Waals surface area contributed by atoms with Gasteiger partial charge in [-0.1, -0.05) is 29.8 Å². The van der Waals surface area contributed by atoms with E-state index >= 15 is 0 Å². The van der Waals surface area contributed by atoms with Crippen molar-refractivity contribution in [3.05, 3.63) is 82.6 Å². The molecule has 8 heteroatoms. The number of hydrogen-bond acceptors (Lipinski definition) is 5. The van der Waals surface area contributed by atoms with E-state index in [0.717, 1.165) is 11.1 Å². The second-order valence-electron chi connectivity index (χ2n) is 7.56. The Bertz CT molecular complexity index is 1140. The number of anilines is 2. The van der Waals surface area contributed by atoms with Crippen molar-refractivity contribution < 1.29 is 14.3 Å². The second-order valence-corrected chi connectivity index (χ2v) is 7.56. The highest BCUT2D eigenvalue weighted by molar-refractivity contribution is 6.06. The standard InChI is InChI=1S/C23H24FN5O2/c1-14-5-3-6-16(13-14)21-20(22(31)26-18-10-8-17(24)9-11-18)15(2)25-23-27-19(7-4-12-30)28-29(21)23/h3,5-6,8-11,13,21,30H,4,7,12H2,1-2H3,(H,26,31)(H,25,27,28)/t21-/m1/s1. The number of rotatable bonds is 6. The van der Waals surface area contributed by atoms with Gasteiger partial charge < -0.3 is 15.7 Å². The zero-order chi connectivity index (χ0) is 22.0. The summed E-state index contributed by atoms with van der Waals surface area (Å²) in [5.74, 6) is 0.478. The lowest BCUT2D eigenvalue weighted by Crippen LogP contribution is -2.31. The number of aliphatic hydroxyl groups is 1. The number of nitrogens with zero attached hydrogens (tertiary/aromatic N) is 3. The smallest absolute Gasteiger partial charge is 0.255 e. The van der Waals surface area contributed by atoms with Crippen LogP contribution < -0.4 is 10.6 Å². The Morgan fingerprint density at radius 1 is 1.23 bits per heavy atom. The zero-order valence-electron chi connectivity index (χ0n) is 17.4. The van der Waals surface area contributed by atoms with Gasteiger partial charge in [-0.05, 0) is 50.1 Å². The molecule has 1 aliphatic rings. The fourth-order valence-electron chi connectivity index (χ4n) is 3.71. The van der Waals surface area contributed by atoms with Crippen LogP contribution in [-0.4, -0.2) is 32.4 Å². The predicted octanol–water partition coefficient (Wildman–Crippen LogP) is 3.58. The molecule has 0 saturated heterocycles. The molecule has 1 atom stereocenters. The van der Waals surface area contributed by atoms with Gasteiger partial charge in [-0.3, -0.25) is 4.79 Å². The van der Waals surface area contributed by atoms with Crippen molar-refractivity contribution in [3.63, 3.8) is 0 Å². The van der Waals surface area contributed by atoms with Crippen molar-refractivity contribution in [2.75, 3.05) is 17.2 Å². The maximum Gasteiger partial charge on any atom is 0.255 e. The van der Waals surface area contributed by atoms with Crippen LogP contribution in [-0.2, 0) is 11.2 Å². The number of hydrogen-bond donors (Lipinski definition) is 3. The number of nitrogens with one attached hydrogen (secondary N) is 2. The number of allylic oxidation sites excluding steroid dienone is 1. The Morgan fingerprint density at radius 3 is 2.71 bits per heavy atom. The molecule has 4 rings (SSSR count). The Morgan fingerprint density at radius 2 is 2.00 bits per heavy atom. The summed E-state index contributed by atoms with van der Waals surface area (Å²) in [5.41, 5.74) is 3.64. The van der Waals surface area contributed by atoms with Gasteiger partial charge in [0.2, 0.25) is 5.95 Å². The average Bonchev–Trinajstić information content (AvgIpc) is 3.15. The molecule has 2 aromatic carbocycles. The SMILES string of the molecule is CC1=C(C(=O)Nc2ccc(F)cc2)[C@@H](c2cccc(C)c2)n2nc(CCCO)nc2N1. The Kier molecular flexibility index (Phi) is 5.81. The fraction of sp³-hybridized carbons (Fsp3) is 0.261. The molecule has 0 bridgehead atoms. The summed E-state index contributed by atoms with van der Waals surface area (Å²) >= 11 is 0. The monoisotopic (exact) mass is 421 g/mol. The summed E-state index contributed by atoms with van der Waals surface area (Å²) in [6, 6.07) is 13.1. The van der Waals surface area contributed by atoms with Crippen molar-refractivity contribution in [1.82, 2.24) is 14.8 Å². The fourth-order valence-corrected chi connectivity index (χ4v) is 3.71. The molecule has 31 heavy (non-hydrogen) atoms. The number of aryl methyl sites for hydroxylation is 2. The number of carbonyl (C=O) groups excluding carboxylic acids is 1. The van der Waals surface area contributed by atoms with Crippen molar-refractivity contribution in [2.24, 2.45) is 0 Å². The highest BCUT2D eigenvalue weighted by Gasteiger charge is 2.34. The maximum absolute atomic E-state index is 13.3. The van der Waals surface area contributed by atoms with Crippen LogP contribution in [0.3, 0.4) is 0 Å². The number of fused-ring (bicyclic) bond motifs is 1. The first-order chi connectivity index (χ1) is 15.0. The van der Waals surface area contributed by atoms with Crippen LogP contribution in [0.2, 0.25) is 0 Å². The molecule has 7 nitrogen and oxygen atoms in total. The number of amides is 1. The van der Waals surface area contributed by atoms with Gasteiger partial charge in [-0.2, -0.15) is 10.1 Å². The largest absolute Gasteiger partial charge is 0.396 e. The number of carbonyl (C=O) groups is 1. The van der Waals surface area contributed by atoms with Gasteiger partial charge in [-0.25, -0.2) is 9.07 Å². The van der Waals surface area contributed by atoms with Gasteiger partial charge in [0.15, 0.2) is 5.82 Å². The summed E-state index contributed by atoms with van der Waals surface area (Å²) in [5, 5.41) is 19.8. The van der Waals surface area contributed by atoms with E-state index in [1.54, 1.807) is 4.68 Å². The van der Waals surface area contributed by atoms with Crippen molar-refractivity contribution in [1.29, 1.82) is 0 Å². The van der Waals surface area contributed by atoms with Crippen molar-refractivity contribution in [3.8, 4) is 0 Å². The van der Waals surface area contributed by atoms with E-state index in [0.29, 0.717) is 41.6 Å². The lowest BCUT2D eigenvalue weighted by atomic mass is 9.94. The highest BCUT2D eigenvalue weighted by atomic mass is 19.1. The first kappa shape index (κ1) is 20.7. The van der Waals surface area contributed by atoms with E-state index in [9.17, 15) is 9.18 Å². The minimum absolute atomic E-state index is 0.0568. The average molecular weight is 421 g/mol. The molecule has 3 N–H and O–H groups in total. The van der Waals surface area contributed by atoms with Crippen LogP contribution in [0.15, 0.2) is 59.8 Å². The summed E-state index contributed by atoms with van der Waals surface area (Å²) in [7, 11) is 0. The highest BCUT2D eigenvalue weighted by Crippen LogP contribution is 2.36. The van der Waals surface area contributed by atoms with Gasteiger partial charge in [0.1, 0.15) is 11.9 Å². The molecule has 160 valence electrons. The van der Waals surface area contributed by atoms with Crippen LogP contribution >= 0.6 is 0 Å². The van der Waals surface area contributed by atoms with Crippen molar-refractivity contribution >= 4 is 17.5 Å². The topological polar surface area (TPSA) is 92.1 Å². The predicted molar refractivity (Wildman–Crippen MR) is 116 cm³/mol. The van der Waals surface area contributed by atoms with Gasteiger partial charge in [0, 0.05) is 24.4 Å². The number of benzene rings is 2. The molecule has 0 radical (unpaired) electrons. The molecular formula is C23H24FN5O2. The van der Waals surface area contributed by atoms with Crippen LogP contribution in [0.5, 0.6) is 0 Å². The maximum atomic E-state index is 13.3. The molecule has 2 heterocycles. The first-order valence-corrected chi connectivity index (χ1v) is 10.1. The number of aromatic nitrogens is 3. The van der Waals surface area contributed by atoms with Gasteiger partial charge >= 0.3 is 0 Å². The van der Waals surface area contributed by atoms with Crippen LogP contribution in [0.1, 0.15) is 36.3 Å². The lowest BCUT2D eigenvalue weighted by molar-refractivity contribution is -0.113. The molecule has 0 fully saturated rings. The van der Waals surface area contributed by atoms with Crippen molar-refractivity contribution in [2.45, 2.75) is 32.7 Å². The molecule has 3 aromatic rings. The molecule has 0 unspecified atom stereocenters. The molecular weight excluding hydrogens is 397 g/mol. The molecule has 1 aromatic heterocycles. The molecule has 0 spiro atoms. The minimum atomic E-state index is -0.480. The van der Waals surface area contributed by atoms with Crippen LogP contribution in [0.25, 0.3) is 0 Å². The summed E-state index contributed by atoms with van der Waals surface area (Å²) in [6.07, 6.45) is 1.10. The Hall–Kier alpha value is -3.52. The summed E-state index contributed by atoms with van der Waals surface area (Å²) < 4.78 is 15.0. The third-order valence-corrected chi connectivity index (χ3v) is 5.16. The second kappa shape index (κ2) is 8.69. The van der Waals surface area contributed by atoms with E-state index in [1.165, 1.54) is 24.3 Å². The summed E-state index contributed by atoms with van der Waals surface area (Å²) in [6.45, 7) is 3.88. The molecule has 0 saturated carbocycles. The van der Waals surface area contributed by atoms with E-state index < -0.39 is 6.04 Å². The molecule has 0 aliphatic carbocycles. The molecule has 1 aliphatic heterocycles. The third kappa shape index (κ3) is 4.34. The minimum Gasteiger partial charge on any atom is -0.396 e. The summed E-state index contributed by atoms with van der Waals surface area (Å²) in [4.78, 5) is 17.9. The van der Waals surface area contributed by atoms with Gasteiger partial charge in [0.25, 0.3) is 5.91 Å². The number of halogens is 1. The molecule has 1 amide bonds. The van der Waals surface area contributed by atoms with Gasteiger partial charge in [-0.15, -0.1) is 0 Å². The van der Waals surface area contributed by atoms with E-state index in [1.807, 2.05) is 38.1 Å². The van der Waals surface area contributed by atoms with Crippen LogP contribution in [0, 0.1) is 12.7 Å². The van der Waals surface area contributed by atoms with E-state index in [4.69, 9.17) is 5.11 Å². The normalized spacial score (nSPS) is 15.4. The number of aliphatic hydroxyl groups excluding tert-OH is 1. The van der Waals surface area contributed by atoms with Crippen LogP contribution in [0.4, 0.5) is 16.0 Å². The first-order valence-electron chi connectivity index (χ1n) is 10.1. The zero-order valence-corrected chi connectivity index (χ0v) is 17.4. The lowest BCUT2D eigenvalue weighted by Gasteiger charge is -2.29. The Labute approximate surface area is 179 Å². The van der Waals surface area contributed by atoms with E-state index in [-0.39, 0.29) is 18.3 Å². The quantitative estimate of drug-likeness (QED) is 0.566.